The number of aliphatic carboxylic acids is 1. The highest BCUT2D eigenvalue weighted by molar-refractivity contribution is 6.30. The average molecular weight is 396 g/mol. The van der Waals surface area contributed by atoms with E-state index in [4.69, 9.17) is 5.11 Å². The van der Waals surface area contributed by atoms with E-state index in [2.05, 4.69) is 0 Å². The highest BCUT2D eigenvalue weighted by atomic mass is 16.4. The number of hydrogen-bond acceptors (Lipinski definition) is 6. The van der Waals surface area contributed by atoms with Crippen LogP contribution >= 0.6 is 0 Å². The van der Waals surface area contributed by atoms with E-state index in [9.17, 15) is 29.4 Å². The van der Waals surface area contributed by atoms with Gasteiger partial charge in [-0.2, -0.15) is 0 Å². The Labute approximate surface area is 166 Å². The third-order valence-corrected chi connectivity index (χ3v) is 5.19. The number of phenolic OH excluding ortho intramolecular Hbond substituents is 2. The van der Waals surface area contributed by atoms with Gasteiger partial charge < -0.3 is 15.3 Å². The van der Waals surface area contributed by atoms with E-state index in [1.807, 2.05) is 0 Å². The molecule has 1 aliphatic carbocycles. The highest BCUT2D eigenvalue weighted by Crippen LogP contribution is 2.37. The molecule has 0 heterocycles. The van der Waals surface area contributed by atoms with Crippen molar-refractivity contribution in [1.82, 2.24) is 0 Å². The first kappa shape index (κ1) is 20.3. The van der Waals surface area contributed by atoms with Crippen molar-refractivity contribution >= 4 is 23.3 Å². The van der Waals surface area contributed by atoms with Crippen LogP contribution in [0.2, 0.25) is 0 Å². The predicted molar refractivity (Wildman–Crippen MR) is 103 cm³/mol. The standard InChI is InChI=1S/C22H20O7/c1-2-11(5-3-8-17(25)26)20(27)12-9-14-19(16(24)10-12)22(29)18-13(21(14)28)6-4-7-15(18)23/h4,6-7,9-11,23-24H,2-3,5,8H2,1H3,(H,25,26). The molecule has 1 atom stereocenters. The molecule has 2 aromatic rings. The van der Waals surface area contributed by atoms with Gasteiger partial charge in [0.1, 0.15) is 11.5 Å². The van der Waals surface area contributed by atoms with Crippen LogP contribution in [0.3, 0.4) is 0 Å². The molecule has 0 fully saturated rings. The normalized spacial score (nSPS) is 13.6. The van der Waals surface area contributed by atoms with Crippen LogP contribution in [0.15, 0.2) is 30.3 Å². The molecule has 7 nitrogen and oxygen atoms in total. The molecule has 3 N–H and O–H groups in total. The summed E-state index contributed by atoms with van der Waals surface area (Å²) in [6, 6.07) is 6.58. The maximum absolute atomic E-state index is 12.9. The topological polar surface area (TPSA) is 129 Å². The van der Waals surface area contributed by atoms with Crippen LogP contribution in [0.5, 0.6) is 11.5 Å². The molecule has 29 heavy (non-hydrogen) atoms. The molecule has 0 spiro atoms. The molecule has 0 radical (unpaired) electrons. The van der Waals surface area contributed by atoms with E-state index in [0.29, 0.717) is 19.3 Å². The van der Waals surface area contributed by atoms with Crippen molar-refractivity contribution in [3.63, 3.8) is 0 Å². The highest BCUT2D eigenvalue weighted by Gasteiger charge is 2.35. The van der Waals surface area contributed by atoms with Crippen molar-refractivity contribution in [2.24, 2.45) is 5.92 Å². The lowest BCUT2D eigenvalue weighted by Crippen LogP contribution is -2.23. The summed E-state index contributed by atoms with van der Waals surface area (Å²) in [4.78, 5) is 49.2. The van der Waals surface area contributed by atoms with Crippen molar-refractivity contribution < 1.29 is 34.5 Å². The minimum atomic E-state index is -0.940. The Morgan fingerprint density at radius 3 is 2.31 bits per heavy atom. The van der Waals surface area contributed by atoms with Gasteiger partial charge >= 0.3 is 5.97 Å². The van der Waals surface area contributed by atoms with Gasteiger partial charge in [0.2, 0.25) is 5.78 Å². The Bertz CT molecular complexity index is 1040. The zero-order valence-electron chi connectivity index (χ0n) is 15.8. The van der Waals surface area contributed by atoms with Crippen LogP contribution < -0.4 is 0 Å². The van der Waals surface area contributed by atoms with Crippen LogP contribution in [0, 0.1) is 5.92 Å². The van der Waals surface area contributed by atoms with Gasteiger partial charge in [-0.15, -0.1) is 0 Å². The molecule has 0 saturated heterocycles. The number of phenols is 2. The van der Waals surface area contributed by atoms with Crippen molar-refractivity contribution in [3.8, 4) is 11.5 Å². The number of aromatic hydroxyl groups is 2. The molecule has 7 heteroatoms. The number of benzene rings is 2. The molecule has 3 rings (SSSR count). The molecular formula is C22H20O7. The third kappa shape index (κ3) is 3.63. The molecule has 0 saturated carbocycles. The quantitative estimate of drug-likeness (QED) is 0.522. The largest absolute Gasteiger partial charge is 0.507 e. The first-order valence-electron chi connectivity index (χ1n) is 9.30. The number of fused-ring (bicyclic) bond motifs is 2. The molecule has 1 aliphatic rings. The van der Waals surface area contributed by atoms with E-state index in [0.717, 1.165) is 6.07 Å². The average Bonchev–Trinajstić information content (AvgIpc) is 2.68. The van der Waals surface area contributed by atoms with E-state index in [1.54, 1.807) is 6.92 Å². The fourth-order valence-corrected chi connectivity index (χ4v) is 3.68. The van der Waals surface area contributed by atoms with Gasteiger partial charge in [-0.05, 0) is 37.5 Å². The summed E-state index contributed by atoms with van der Waals surface area (Å²) < 4.78 is 0. The summed E-state index contributed by atoms with van der Waals surface area (Å²) >= 11 is 0. The lowest BCUT2D eigenvalue weighted by atomic mass is 9.81. The Hall–Kier alpha value is -3.48. The zero-order valence-corrected chi connectivity index (χ0v) is 15.8. The van der Waals surface area contributed by atoms with Gasteiger partial charge in [-0.25, -0.2) is 0 Å². The van der Waals surface area contributed by atoms with E-state index in [1.165, 1.54) is 24.3 Å². The monoisotopic (exact) mass is 396 g/mol. The maximum atomic E-state index is 12.9. The Morgan fingerprint density at radius 1 is 0.966 bits per heavy atom. The van der Waals surface area contributed by atoms with Crippen LogP contribution in [0.25, 0.3) is 0 Å². The lowest BCUT2D eigenvalue weighted by Gasteiger charge is -2.21. The molecule has 0 bridgehead atoms. The molecule has 0 aliphatic heterocycles. The zero-order chi connectivity index (χ0) is 21.3. The van der Waals surface area contributed by atoms with Crippen molar-refractivity contribution in [3.05, 3.63) is 58.1 Å². The summed E-state index contributed by atoms with van der Waals surface area (Å²) in [6.45, 7) is 1.80. The molecule has 1 unspecified atom stereocenters. The predicted octanol–water partition coefficient (Wildman–Crippen LogP) is 3.34. The summed E-state index contributed by atoms with van der Waals surface area (Å²) in [5, 5.41) is 29.2. The third-order valence-electron chi connectivity index (χ3n) is 5.19. The number of Topliss-reactive ketones (excluding diaryl/α,β-unsaturated/α-hetero) is 1. The number of carbonyl (C=O) groups is 4. The summed E-state index contributed by atoms with van der Waals surface area (Å²) in [5.41, 5.74) is -0.385. The van der Waals surface area contributed by atoms with Crippen LogP contribution in [0.1, 0.15) is 74.8 Å². The first-order valence-corrected chi connectivity index (χ1v) is 9.30. The summed E-state index contributed by atoms with van der Waals surface area (Å²) in [6.07, 6.45) is 1.12. The van der Waals surface area contributed by atoms with Crippen molar-refractivity contribution in [1.29, 1.82) is 0 Å². The van der Waals surface area contributed by atoms with Gasteiger partial charge in [0.15, 0.2) is 11.6 Å². The second-order valence-electron chi connectivity index (χ2n) is 7.03. The Kier molecular flexibility index (Phi) is 5.50. The van der Waals surface area contributed by atoms with E-state index >= 15 is 0 Å². The number of hydrogen-bond donors (Lipinski definition) is 3. The van der Waals surface area contributed by atoms with E-state index < -0.39 is 29.2 Å². The number of carbonyl (C=O) groups excluding carboxylic acids is 3. The number of carboxylic acids is 1. The summed E-state index contributed by atoms with van der Waals surface area (Å²) in [5.74, 6) is -3.82. The maximum Gasteiger partial charge on any atom is 0.303 e. The molecule has 0 aromatic heterocycles. The van der Waals surface area contributed by atoms with Crippen molar-refractivity contribution in [2.75, 3.05) is 0 Å². The SMILES string of the molecule is CCC(CCCC(=O)O)C(=O)c1cc(O)c2c(c1)C(=O)c1cccc(O)c1C2=O. The summed E-state index contributed by atoms with van der Waals surface area (Å²) in [7, 11) is 0. The lowest BCUT2D eigenvalue weighted by molar-refractivity contribution is -0.137. The van der Waals surface area contributed by atoms with E-state index in [-0.39, 0.29) is 45.8 Å². The molecule has 0 amide bonds. The number of ketones is 3. The second-order valence-corrected chi connectivity index (χ2v) is 7.03. The van der Waals surface area contributed by atoms with Crippen LogP contribution in [-0.2, 0) is 4.79 Å². The van der Waals surface area contributed by atoms with Crippen LogP contribution in [0.4, 0.5) is 0 Å². The minimum absolute atomic E-state index is 0.0139. The number of rotatable bonds is 7. The van der Waals surface area contributed by atoms with Gasteiger partial charge in [-0.3, -0.25) is 19.2 Å². The minimum Gasteiger partial charge on any atom is -0.507 e. The number of carboxylic acid groups (broad SMARTS) is 1. The van der Waals surface area contributed by atoms with Gasteiger partial charge in [0, 0.05) is 29.0 Å². The molecular weight excluding hydrogens is 376 g/mol. The van der Waals surface area contributed by atoms with Gasteiger partial charge in [-0.1, -0.05) is 19.1 Å². The molecule has 150 valence electrons. The van der Waals surface area contributed by atoms with Gasteiger partial charge in [0.05, 0.1) is 11.1 Å². The first-order chi connectivity index (χ1) is 13.8. The molecule has 2 aromatic carbocycles. The smallest absolute Gasteiger partial charge is 0.303 e. The Balaban J connectivity index is 1.99. The second kappa shape index (κ2) is 7.87. The van der Waals surface area contributed by atoms with Crippen molar-refractivity contribution in [2.45, 2.75) is 32.6 Å². The van der Waals surface area contributed by atoms with Crippen LogP contribution in [-0.4, -0.2) is 38.6 Å². The Morgan fingerprint density at radius 2 is 1.66 bits per heavy atom. The fraction of sp³-hybridized carbons (Fsp3) is 0.273. The fourth-order valence-electron chi connectivity index (χ4n) is 3.68. The van der Waals surface area contributed by atoms with Gasteiger partial charge in [0.25, 0.3) is 0 Å².